The molecule has 160 valence electrons. The first kappa shape index (κ1) is 21.2. The first-order valence-electron chi connectivity index (χ1n) is 8.85. The van der Waals surface area contributed by atoms with Gasteiger partial charge in [-0.15, -0.1) is 11.3 Å². The van der Waals surface area contributed by atoms with Gasteiger partial charge < -0.3 is 0 Å². The van der Waals surface area contributed by atoms with E-state index >= 15 is 0 Å². The Balaban J connectivity index is 1.91. The SMILES string of the molecule is Cc1ccc(-c2nccs2)cc1-c1cc(C(F)(F)F)nn1-c1ccc(S(N)(=O)=O)cc1. The van der Waals surface area contributed by atoms with Crippen LogP contribution in [0.15, 0.2) is 65.0 Å². The van der Waals surface area contributed by atoms with Crippen molar-refractivity contribution in [3.05, 3.63) is 71.4 Å². The lowest BCUT2D eigenvalue weighted by Gasteiger charge is -2.11. The van der Waals surface area contributed by atoms with Gasteiger partial charge in [0.05, 0.1) is 16.3 Å². The molecule has 0 aliphatic carbocycles. The number of nitrogens with two attached hydrogens (primary N) is 1. The molecule has 0 bridgehead atoms. The second-order valence-corrected chi connectivity index (χ2v) is 9.19. The second-order valence-electron chi connectivity index (χ2n) is 6.73. The number of primary sulfonamides is 1. The quantitative estimate of drug-likeness (QED) is 0.477. The van der Waals surface area contributed by atoms with Crippen molar-refractivity contribution in [2.75, 3.05) is 0 Å². The highest BCUT2D eigenvalue weighted by molar-refractivity contribution is 7.89. The number of benzene rings is 2. The van der Waals surface area contributed by atoms with Crippen LogP contribution in [0, 0.1) is 6.92 Å². The third-order valence-corrected chi connectivity index (χ3v) is 6.35. The Bertz CT molecular complexity index is 1340. The molecule has 0 fully saturated rings. The predicted molar refractivity (Wildman–Crippen MR) is 111 cm³/mol. The van der Waals surface area contributed by atoms with Crippen LogP contribution >= 0.6 is 11.3 Å². The van der Waals surface area contributed by atoms with E-state index in [0.717, 1.165) is 26.9 Å². The zero-order valence-electron chi connectivity index (χ0n) is 16.0. The molecule has 11 heteroatoms. The fourth-order valence-electron chi connectivity index (χ4n) is 3.08. The molecule has 31 heavy (non-hydrogen) atoms. The van der Waals surface area contributed by atoms with E-state index in [9.17, 15) is 21.6 Å². The highest BCUT2D eigenvalue weighted by Gasteiger charge is 2.35. The number of sulfonamides is 1. The number of hydrogen-bond acceptors (Lipinski definition) is 5. The van der Waals surface area contributed by atoms with Crippen LogP contribution in [0.1, 0.15) is 11.3 Å². The van der Waals surface area contributed by atoms with Crippen molar-refractivity contribution in [2.45, 2.75) is 18.0 Å². The maximum Gasteiger partial charge on any atom is 0.435 e. The summed E-state index contributed by atoms with van der Waals surface area (Å²) in [5.74, 6) is 0. The largest absolute Gasteiger partial charge is 0.435 e. The van der Waals surface area contributed by atoms with Crippen molar-refractivity contribution in [1.29, 1.82) is 0 Å². The van der Waals surface area contributed by atoms with Gasteiger partial charge in [-0.3, -0.25) is 0 Å². The summed E-state index contributed by atoms with van der Waals surface area (Å²) in [5.41, 5.74) is 1.48. The molecule has 0 radical (unpaired) electrons. The molecule has 2 N–H and O–H groups in total. The van der Waals surface area contributed by atoms with Crippen molar-refractivity contribution in [3.63, 3.8) is 0 Å². The zero-order valence-corrected chi connectivity index (χ0v) is 17.6. The van der Waals surface area contributed by atoms with Crippen LogP contribution in [0.25, 0.3) is 27.5 Å². The summed E-state index contributed by atoms with van der Waals surface area (Å²) >= 11 is 1.42. The standard InChI is InChI=1S/C20H15F3N4O2S2/c1-12-2-3-13(19-25-8-9-30-19)10-16(12)17-11-18(20(21,22)23)26-27(17)14-4-6-15(7-5-14)31(24,28)29/h2-11H,1H3,(H2,24,28,29). The number of thiazole rings is 1. The summed E-state index contributed by atoms with van der Waals surface area (Å²) in [6.45, 7) is 1.79. The lowest BCUT2D eigenvalue weighted by molar-refractivity contribution is -0.141. The normalized spacial score (nSPS) is 12.3. The number of alkyl halides is 3. The highest BCUT2D eigenvalue weighted by Crippen LogP contribution is 2.36. The second kappa shape index (κ2) is 7.59. The molecular weight excluding hydrogens is 449 g/mol. The zero-order chi connectivity index (χ0) is 22.4. The lowest BCUT2D eigenvalue weighted by atomic mass is 10.0. The van der Waals surface area contributed by atoms with E-state index in [1.54, 1.807) is 25.3 Å². The van der Waals surface area contributed by atoms with Gasteiger partial charge >= 0.3 is 6.18 Å². The molecule has 2 aromatic heterocycles. The number of aryl methyl sites for hydroxylation is 1. The molecule has 0 spiro atoms. The van der Waals surface area contributed by atoms with Gasteiger partial charge in [-0.25, -0.2) is 23.2 Å². The van der Waals surface area contributed by atoms with Crippen LogP contribution in [-0.2, 0) is 16.2 Å². The molecular formula is C20H15F3N4O2S2. The predicted octanol–water partition coefficient (Wildman–Crippen LogP) is 4.64. The molecule has 4 aromatic rings. The molecule has 0 aliphatic rings. The lowest BCUT2D eigenvalue weighted by Crippen LogP contribution is -2.12. The Kier molecular flexibility index (Phi) is 5.20. The van der Waals surface area contributed by atoms with Crippen LogP contribution in [0.2, 0.25) is 0 Å². The molecule has 0 saturated carbocycles. The van der Waals surface area contributed by atoms with Crippen molar-refractivity contribution < 1.29 is 21.6 Å². The van der Waals surface area contributed by atoms with Crippen molar-refractivity contribution in [1.82, 2.24) is 14.8 Å². The van der Waals surface area contributed by atoms with E-state index in [2.05, 4.69) is 10.1 Å². The summed E-state index contributed by atoms with van der Waals surface area (Å²) in [5, 5.41) is 11.4. The smallest absolute Gasteiger partial charge is 0.245 e. The highest BCUT2D eigenvalue weighted by atomic mass is 32.2. The van der Waals surface area contributed by atoms with Gasteiger partial charge in [-0.1, -0.05) is 12.1 Å². The first-order chi connectivity index (χ1) is 14.5. The Morgan fingerprint density at radius 1 is 1.06 bits per heavy atom. The molecule has 2 aromatic carbocycles. The maximum atomic E-state index is 13.5. The maximum absolute atomic E-state index is 13.5. The van der Waals surface area contributed by atoms with Crippen LogP contribution in [-0.4, -0.2) is 23.2 Å². The van der Waals surface area contributed by atoms with Gasteiger partial charge in [0.1, 0.15) is 5.01 Å². The van der Waals surface area contributed by atoms with Crippen molar-refractivity contribution in [3.8, 4) is 27.5 Å². The van der Waals surface area contributed by atoms with E-state index in [1.807, 2.05) is 11.4 Å². The van der Waals surface area contributed by atoms with Gasteiger partial charge in [0.25, 0.3) is 0 Å². The fraction of sp³-hybridized carbons (Fsp3) is 0.100. The summed E-state index contributed by atoms with van der Waals surface area (Å²) in [6, 6.07) is 11.6. The Morgan fingerprint density at radius 2 is 1.77 bits per heavy atom. The Hall–Kier alpha value is -3.02. The number of hydrogen-bond donors (Lipinski definition) is 1. The minimum Gasteiger partial charge on any atom is -0.245 e. The molecule has 0 atom stereocenters. The Labute approximate surface area is 179 Å². The van der Waals surface area contributed by atoms with Crippen LogP contribution in [0.5, 0.6) is 0 Å². The van der Waals surface area contributed by atoms with E-state index < -0.39 is 21.9 Å². The topological polar surface area (TPSA) is 90.9 Å². The summed E-state index contributed by atoms with van der Waals surface area (Å²) in [4.78, 5) is 4.11. The summed E-state index contributed by atoms with van der Waals surface area (Å²) in [7, 11) is -3.93. The molecule has 0 amide bonds. The van der Waals surface area contributed by atoms with Gasteiger partial charge in [-0.2, -0.15) is 18.3 Å². The average Bonchev–Trinajstić information content (AvgIpc) is 3.38. The summed E-state index contributed by atoms with van der Waals surface area (Å²) < 4.78 is 64.5. The first-order valence-corrected chi connectivity index (χ1v) is 11.3. The number of rotatable bonds is 4. The minimum atomic E-state index is -4.65. The number of halogens is 3. The van der Waals surface area contributed by atoms with Gasteiger partial charge in [0, 0.05) is 22.7 Å². The number of aromatic nitrogens is 3. The van der Waals surface area contributed by atoms with Gasteiger partial charge in [0.15, 0.2) is 5.69 Å². The molecule has 6 nitrogen and oxygen atoms in total. The Morgan fingerprint density at radius 3 is 2.35 bits per heavy atom. The van der Waals surface area contributed by atoms with E-state index in [1.165, 1.54) is 35.6 Å². The third kappa shape index (κ3) is 4.24. The summed E-state index contributed by atoms with van der Waals surface area (Å²) in [6.07, 6.45) is -3.00. The monoisotopic (exact) mass is 464 g/mol. The minimum absolute atomic E-state index is 0.150. The molecule has 2 heterocycles. The van der Waals surface area contributed by atoms with E-state index in [-0.39, 0.29) is 16.3 Å². The fourth-order valence-corrected chi connectivity index (χ4v) is 4.23. The van der Waals surface area contributed by atoms with Crippen LogP contribution < -0.4 is 5.14 Å². The molecule has 0 saturated heterocycles. The van der Waals surface area contributed by atoms with Crippen LogP contribution in [0.3, 0.4) is 0 Å². The molecule has 4 rings (SSSR count). The van der Waals surface area contributed by atoms with Gasteiger partial charge in [0.2, 0.25) is 10.0 Å². The molecule has 0 aliphatic heterocycles. The average molecular weight is 464 g/mol. The van der Waals surface area contributed by atoms with E-state index in [0.29, 0.717) is 5.56 Å². The van der Waals surface area contributed by atoms with E-state index in [4.69, 9.17) is 5.14 Å². The van der Waals surface area contributed by atoms with Crippen molar-refractivity contribution in [2.24, 2.45) is 5.14 Å². The van der Waals surface area contributed by atoms with Crippen LogP contribution in [0.4, 0.5) is 13.2 Å². The van der Waals surface area contributed by atoms with Gasteiger partial charge in [-0.05, 0) is 48.9 Å². The van der Waals surface area contributed by atoms with Crippen molar-refractivity contribution >= 4 is 21.4 Å². The molecule has 0 unspecified atom stereocenters. The third-order valence-electron chi connectivity index (χ3n) is 4.60. The number of nitrogens with zero attached hydrogens (tertiary/aromatic N) is 3.